The first kappa shape index (κ1) is 34.6. The second-order valence-electron chi connectivity index (χ2n) is 14.5. The number of benzene rings is 9. The van der Waals surface area contributed by atoms with E-state index in [9.17, 15) is 0 Å². The van der Waals surface area contributed by atoms with Gasteiger partial charge in [0.05, 0.1) is 5.41 Å². The number of rotatable bonds is 8. The molecule has 57 heavy (non-hydrogen) atoms. The van der Waals surface area contributed by atoms with Crippen LogP contribution in [0.1, 0.15) is 22.3 Å². The Morgan fingerprint density at radius 2 is 0.632 bits per heavy atom. The van der Waals surface area contributed by atoms with Gasteiger partial charge in [-0.2, -0.15) is 0 Å². The van der Waals surface area contributed by atoms with Crippen molar-refractivity contribution < 1.29 is 0 Å². The molecule has 0 saturated carbocycles. The van der Waals surface area contributed by atoms with Gasteiger partial charge in [-0.25, -0.2) is 0 Å². The van der Waals surface area contributed by atoms with Gasteiger partial charge in [-0.3, -0.25) is 0 Å². The fourth-order valence-electron chi connectivity index (χ4n) is 8.50. The SMILES string of the molecule is c1ccc(-c2ccc(N(c3ccc(-c4ccccc4)cc3)c3ccc(-c4ccc5c(c4)C(c4ccccc4)(c4ccccc4)c4ccccc4S5)cc3)cc2)cc1. The molecular weight excluding hydrogens is 707 g/mol. The van der Waals surface area contributed by atoms with Crippen LogP contribution in [-0.4, -0.2) is 0 Å². The van der Waals surface area contributed by atoms with Crippen molar-refractivity contribution in [3.63, 3.8) is 0 Å². The maximum absolute atomic E-state index is 2.44. The van der Waals surface area contributed by atoms with Crippen LogP contribution in [0.15, 0.2) is 246 Å². The van der Waals surface area contributed by atoms with Crippen LogP contribution in [0.2, 0.25) is 0 Å². The number of nitrogens with zero attached hydrogens (tertiary/aromatic N) is 1. The van der Waals surface area contributed by atoms with Crippen molar-refractivity contribution in [1.82, 2.24) is 0 Å². The standard InChI is InChI=1S/C55H39NS/c1-5-15-40(16-6-1)42-25-32-48(33-26-42)56(49-34-27-43(28-35-49)41-17-7-2-8-18-41)50-36-29-44(30-37-50)45-31-38-54-52(39-45)55(46-19-9-3-10-20-46,47-21-11-4-12-22-47)51-23-13-14-24-53(51)57-54/h1-39H. The average Bonchev–Trinajstić information content (AvgIpc) is 3.30. The molecule has 1 heterocycles. The Balaban J connectivity index is 1.07. The largest absolute Gasteiger partial charge is 0.311 e. The molecule has 0 aliphatic carbocycles. The van der Waals surface area contributed by atoms with Crippen LogP contribution in [0, 0.1) is 0 Å². The van der Waals surface area contributed by atoms with Gasteiger partial charge in [0.25, 0.3) is 0 Å². The highest BCUT2D eigenvalue weighted by atomic mass is 32.2. The Hall–Kier alpha value is -6.87. The van der Waals surface area contributed by atoms with Gasteiger partial charge in [-0.15, -0.1) is 0 Å². The molecule has 1 aliphatic heterocycles. The minimum Gasteiger partial charge on any atom is -0.311 e. The molecule has 0 radical (unpaired) electrons. The van der Waals surface area contributed by atoms with E-state index in [1.807, 2.05) is 11.8 Å². The van der Waals surface area contributed by atoms with Gasteiger partial charge in [0.1, 0.15) is 0 Å². The molecule has 2 heteroatoms. The Kier molecular flexibility index (Phi) is 9.10. The predicted octanol–water partition coefficient (Wildman–Crippen LogP) is 15.0. The van der Waals surface area contributed by atoms with Crippen LogP contribution < -0.4 is 4.90 Å². The predicted molar refractivity (Wildman–Crippen MR) is 240 cm³/mol. The maximum Gasteiger partial charge on any atom is 0.0723 e. The zero-order valence-electron chi connectivity index (χ0n) is 31.4. The van der Waals surface area contributed by atoms with Gasteiger partial charge >= 0.3 is 0 Å². The van der Waals surface area contributed by atoms with E-state index >= 15 is 0 Å². The van der Waals surface area contributed by atoms with E-state index in [4.69, 9.17) is 0 Å². The van der Waals surface area contributed by atoms with Crippen molar-refractivity contribution in [2.24, 2.45) is 0 Å². The third-order valence-electron chi connectivity index (χ3n) is 11.2. The molecule has 1 aliphatic rings. The topological polar surface area (TPSA) is 3.24 Å². The Morgan fingerprint density at radius 1 is 0.281 bits per heavy atom. The highest BCUT2D eigenvalue weighted by Gasteiger charge is 2.44. The molecule has 0 unspecified atom stereocenters. The molecule has 0 fully saturated rings. The van der Waals surface area contributed by atoms with E-state index < -0.39 is 5.41 Å². The van der Waals surface area contributed by atoms with E-state index in [0.29, 0.717) is 0 Å². The molecule has 0 atom stereocenters. The minimum absolute atomic E-state index is 0.468. The van der Waals surface area contributed by atoms with Crippen LogP contribution in [0.3, 0.4) is 0 Å². The molecule has 0 N–H and O–H groups in total. The summed E-state index contributed by atoms with van der Waals surface area (Å²) in [6.07, 6.45) is 0. The number of fused-ring (bicyclic) bond motifs is 2. The summed E-state index contributed by atoms with van der Waals surface area (Å²) in [4.78, 5) is 4.93. The van der Waals surface area contributed by atoms with Gasteiger partial charge in [-0.1, -0.05) is 194 Å². The quantitative estimate of drug-likeness (QED) is 0.152. The average molecular weight is 746 g/mol. The van der Waals surface area contributed by atoms with Crippen LogP contribution in [0.5, 0.6) is 0 Å². The molecule has 0 bridgehead atoms. The third kappa shape index (κ3) is 6.35. The number of anilines is 3. The van der Waals surface area contributed by atoms with Crippen LogP contribution in [0.4, 0.5) is 17.1 Å². The van der Waals surface area contributed by atoms with Gasteiger partial charge < -0.3 is 4.90 Å². The molecule has 0 aromatic heterocycles. The summed E-state index contributed by atoms with van der Waals surface area (Å²) in [6.45, 7) is 0. The second-order valence-corrected chi connectivity index (χ2v) is 15.6. The summed E-state index contributed by atoms with van der Waals surface area (Å²) in [7, 11) is 0. The van der Waals surface area contributed by atoms with E-state index in [1.165, 1.54) is 65.4 Å². The summed E-state index contributed by atoms with van der Waals surface area (Å²) in [5.41, 5.74) is 15.2. The van der Waals surface area contributed by atoms with Crippen molar-refractivity contribution >= 4 is 28.8 Å². The fraction of sp³-hybridized carbons (Fsp3) is 0.0182. The van der Waals surface area contributed by atoms with Crippen LogP contribution in [-0.2, 0) is 5.41 Å². The molecule has 9 aromatic carbocycles. The molecule has 270 valence electrons. The van der Waals surface area contributed by atoms with Gasteiger partial charge in [0, 0.05) is 26.9 Å². The first-order valence-electron chi connectivity index (χ1n) is 19.5. The normalized spacial score (nSPS) is 12.6. The van der Waals surface area contributed by atoms with E-state index in [0.717, 1.165) is 17.1 Å². The number of hydrogen-bond acceptors (Lipinski definition) is 2. The van der Waals surface area contributed by atoms with Gasteiger partial charge in [-0.05, 0) is 110 Å². The van der Waals surface area contributed by atoms with Crippen LogP contribution in [0.25, 0.3) is 33.4 Å². The van der Waals surface area contributed by atoms with Crippen molar-refractivity contribution in [3.05, 3.63) is 259 Å². The number of hydrogen-bond donors (Lipinski definition) is 0. The molecule has 10 rings (SSSR count). The first-order chi connectivity index (χ1) is 28.3. The maximum atomic E-state index is 2.44. The molecule has 9 aromatic rings. The van der Waals surface area contributed by atoms with Crippen LogP contribution >= 0.6 is 11.8 Å². The Bertz CT molecular complexity index is 2640. The summed E-state index contributed by atoms with van der Waals surface area (Å²) in [5, 5.41) is 0. The highest BCUT2D eigenvalue weighted by molar-refractivity contribution is 7.99. The fourth-order valence-corrected chi connectivity index (χ4v) is 9.68. The van der Waals surface area contributed by atoms with Crippen molar-refractivity contribution in [2.45, 2.75) is 15.2 Å². The van der Waals surface area contributed by atoms with E-state index in [1.54, 1.807) is 0 Å². The zero-order chi connectivity index (χ0) is 38.0. The lowest BCUT2D eigenvalue weighted by molar-refractivity contribution is 0.703. The molecular formula is C55H39NS. The lowest BCUT2D eigenvalue weighted by atomic mass is 9.64. The van der Waals surface area contributed by atoms with Crippen molar-refractivity contribution in [3.8, 4) is 33.4 Å². The van der Waals surface area contributed by atoms with Crippen molar-refractivity contribution in [2.75, 3.05) is 4.90 Å². The summed E-state index contributed by atoms with van der Waals surface area (Å²) < 4.78 is 0. The first-order valence-corrected chi connectivity index (χ1v) is 20.3. The third-order valence-corrected chi connectivity index (χ3v) is 12.4. The van der Waals surface area contributed by atoms with Crippen molar-refractivity contribution in [1.29, 1.82) is 0 Å². The summed E-state index contributed by atoms with van der Waals surface area (Å²) in [5.74, 6) is 0. The summed E-state index contributed by atoms with van der Waals surface area (Å²) in [6, 6.07) is 86.1. The van der Waals surface area contributed by atoms with Gasteiger partial charge in [0.15, 0.2) is 0 Å². The lowest BCUT2D eigenvalue weighted by Crippen LogP contribution is -2.34. The Labute approximate surface area is 339 Å². The zero-order valence-corrected chi connectivity index (χ0v) is 32.2. The second kappa shape index (κ2) is 15.0. The Morgan fingerprint density at radius 3 is 1.11 bits per heavy atom. The summed E-state index contributed by atoms with van der Waals surface area (Å²) >= 11 is 1.87. The molecule has 0 saturated heterocycles. The van der Waals surface area contributed by atoms with E-state index in [-0.39, 0.29) is 0 Å². The molecule has 1 nitrogen and oxygen atoms in total. The molecule has 0 spiro atoms. The van der Waals surface area contributed by atoms with Gasteiger partial charge in [0.2, 0.25) is 0 Å². The monoisotopic (exact) mass is 745 g/mol. The minimum atomic E-state index is -0.468. The lowest BCUT2D eigenvalue weighted by Gasteiger charge is -2.42. The molecule has 0 amide bonds. The smallest absolute Gasteiger partial charge is 0.0723 e. The van der Waals surface area contributed by atoms with E-state index in [2.05, 4.69) is 241 Å². The highest BCUT2D eigenvalue weighted by Crippen LogP contribution is 2.56.